The number of nitrogens with one attached hydrogen (secondary N) is 1. The van der Waals surface area contributed by atoms with Crippen LogP contribution in [0.25, 0.3) is 0 Å². The van der Waals surface area contributed by atoms with Gasteiger partial charge in [-0.2, -0.15) is 0 Å². The summed E-state index contributed by atoms with van der Waals surface area (Å²) in [5.74, 6) is 1.17. The van der Waals surface area contributed by atoms with Crippen LogP contribution in [0.15, 0.2) is 18.2 Å². The molecule has 0 spiro atoms. The largest absolute Gasteiger partial charge is 0.493 e. The Morgan fingerprint density at radius 1 is 1.65 bits per heavy atom. The normalized spacial score (nSPS) is 17.4. The molecular formula is C12H16N2O3. The smallest absolute Gasteiger partial charge is 0.220 e. The summed E-state index contributed by atoms with van der Waals surface area (Å²) in [6.07, 6.45) is 0.219. The molecule has 1 aliphatic rings. The van der Waals surface area contributed by atoms with Crippen LogP contribution in [0.2, 0.25) is 0 Å². The zero-order chi connectivity index (χ0) is 12.3. The highest BCUT2D eigenvalue weighted by molar-refractivity contribution is 5.73. The monoisotopic (exact) mass is 236 g/mol. The third-order valence-electron chi connectivity index (χ3n) is 2.73. The molecule has 5 heteroatoms. The van der Waals surface area contributed by atoms with Crippen LogP contribution in [0.4, 0.5) is 0 Å². The first-order valence-electron chi connectivity index (χ1n) is 5.56. The molecule has 1 unspecified atom stereocenters. The van der Waals surface area contributed by atoms with Crippen molar-refractivity contribution in [3.05, 3.63) is 23.8 Å². The summed E-state index contributed by atoms with van der Waals surface area (Å²) in [7, 11) is 1.90. The third kappa shape index (κ3) is 2.68. The Hall–Kier alpha value is -1.75. The quantitative estimate of drug-likeness (QED) is 0.785. The van der Waals surface area contributed by atoms with E-state index < -0.39 is 0 Å². The second-order valence-corrected chi connectivity index (χ2v) is 3.92. The summed E-state index contributed by atoms with van der Waals surface area (Å²) < 4.78 is 10.9. The van der Waals surface area contributed by atoms with Crippen LogP contribution in [0, 0.1) is 0 Å². The van der Waals surface area contributed by atoms with Crippen molar-refractivity contribution in [1.29, 1.82) is 0 Å². The number of amides is 1. The standard InChI is InChI=1S/C12H16N2O3/c1-14-10-7-17-11-6-8(2-3-9(10)11)16-5-4-12(13)15/h2-3,6,10,14H,4-5,7H2,1H3,(H2,13,15). The van der Waals surface area contributed by atoms with Crippen molar-refractivity contribution >= 4 is 5.91 Å². The predicted octanol–water partition coefficient (Wildman–Crippen LogP) is 0.594. The van der Waals surface area contributed by atoms with Crippen LogP contribution in [0.1, 0.15) is 18.0 Å². The number of benzene rings is 1. The number of nitrogens with two attached hydrogens (primary N) is 1. The van der Waals surface area contributed by atoms with Gasteiger partial charge in [0.25, 0.3) is 0 Å². The number of rotatable bonds is 5. The van der Waals surface area contributed by atoms with E-state index in [0.29, 0.717) is 19.0 Å². The topological polar surface area (TPSA) is 73.6 Å². The number of carbonyl (C=O) groups excluding carboxylic acids is 1. The van der Waals surface area contributed by atoms with E-state index in [4.69, 9.17) is 15.2 Å². The molecular weight excluding hydrogens is 220 g/mol. The molecule has 1 aromatic carbocycles. The number of hydrogen-bond acceptors (Lipinski definition) is 4. The molecule has 3 N–H and O–H groups in total. The molecule has 0 fully saturated rings. The molecule has 0 aliphatic carbocycles. The van der Waals surface area contributed by atoms with Gasteiger partial charge in [0.2, 0.25) is 5.91 Å². The molecule has 0 aromatic heterocycles. The maximum Gasteiger partial charge on any atom is 0.220 e. The summed E-state index contributed by atoms with van der Waals surface area (Å²) in [6.45, 7) is 0.931. The Bertz CT molecular complexity index is 420. The van der Waals surface area contributed by atoms with Gasteiger partial charge >= 0.3 is 0 Å². The summed E-state index contributed by atoms with van der Waals surface area (Å²) >= 11 is 0. The minimum atomic E-state index is -0.363. The second-order valence-electron chi connectivity index (χ2n) is 3.92. The van der Waals surface area contributed by atoms with Crippen molar-refractivity contribution < 1.29 is 14.3 Å². The Labute approximate surface area is 99.9 Å². The molecule has 1 atom stereocenters. The van der Waals surface area contributed by atoms with Crippen LogP contribution >= 0.6 is 0 Å². The molecule has 2 rings (SSSR count). The summed E-state index contributed by atoms with van der Waals surface area (Å²) in [6, 6.07) is 5.93. The van der Waals surface area contributed by atoms with Gasteiger partial charge in [0.05, 0.1) is 19.1 Å². The van der Waals surface area contributed by atoms with E-state index in [0.717, 1.165) is 11.3 Å². The van der Waals surface area contributed by atoms with Gasteiger partial charge in [-0.3, -0.25) is 4.79 Å². The number of hydrogen-bond donors (Lipinski definition) is 2. The van der Waals surface area contributed by atoms with Gasteiger partial charge in [-0.25, -0.2) is 0 Å². The maximum absolute atomic E-state index is 10.6. The summed E-state index contributed by atoms with van der Waals surface area (Å²) in [5, 5.41) is 3.17. The predicted molar refractivity (Wildman–Crippen MR) is 63.0 cm³/mol. The Kier molecular flexibility index (Phi) is 3.49. The van der Waals surface area contributed by atoms with Gasteiger partial charge in [-0.05, 0) is 19.2 Å². The Morgan fingerprint density at radius 3 is 3.18 bits per heavy atom. The highest BCUT2D eigenvalue weighted by atomic mass is 16.5. The van der Waals surface area contributed by atoms with Gasteiger partial charge in [0.1, 0.15) is 18.1 Å². The summed E-state index contributed by atoms with van der Waals surface area (Å²) in [4.78, 5) is 10.6. The number of carbonyl (C=O) groups is 1. The van der Waals surface area contributed by atoms with Gasteiger partial charge in [-0.1, -0.05) is 0 Å². The van der Waals surface area contributed by atoms with Crippen molar-refractivity contribution in [2.24, 2.45) is 5.73 Å². The lowest BCUT2D eigenvalue weighted by atomic mass is 10.1. The van der Waals surface area contributed by atoms with E-state index in [1.165, 1.54) is 0 Å². The van der Waals surface area contributed by atoms with E-state index in [1.807, 2.05) is 25.2 Å². The van der Waals surface area contributed by atoms with E-state index in [-0.39, 0.29) is 18.4 Å². The van der Waals surface area contributed by atoms with Crippen LogP contribution < -0.4 is 20.5 Å². The minimum Gasteiger partial charge on any atom is -0.493 e. The van der Waals surface area contributed by atoms with Crippen LogP contribution in [0.3, 0.4) is 0 Å². The number of fused-ring (bicyclic) bond motifs is 1. The Balaban J connectivity index is 2.00. The molecule has 0 saturated heterocycles. The van der Waals surface area contributed by atoms with Crippen molar-refractivity contribution in [3.8, 4) is 11.5 Å². The first-order chi connectivity index (χ1) is 8.20. The van der Waals surface area contributed by atoms with Crippen molar-refractivity contribution in [2.75, 3.05) is 20.3 Å². The number of ether oxygens (including phenoxy) is 2. The molecule has 0 bridgehead atoms. The van der Waals surface area contributed by atoms with Crippen molar-refractivity contribution in [1.82, 2.24) is 5.32 Å². The number of likely N-dealkylation sites (N-methyl/N-ethyl adjacent to an activating group) is 1. The van der Waals surface area contributed by atoms with Crippen LogP contribution in [-0.4, -0.2) is 26.2 Å². The molecule has 1 amide bonds. The highest BCUT2D eigenvalue weighted by Gasteiger charge is 2.22. The fourth-order valence-corrected chi connectivity index (χ4v) is 1.79. The first kappa shape index (κ1) is 11.7. The van der Waals surface area contributed by atoms with Gasteiger partial charge in [0, 0.05) is 11.6 Å². The summed E-state index contributed by atoms with van der Waals surface area (Å²) in [5.41, 5.74) is 6.17. The van der Waals surface area contributed by atoms with Gasteiger partial charge in [-0.15, -0.1) is 0 Å². The van der Waals surface area contributed by atoms with Crippen molar-refractivity contribution in [3.63, 3.8) is 0 Å². The molecule has 1 heterocycles. The van der Waals surface area contributed by atoms with Gasteiger partial charge in [0.15, 0.2) is 0 Å². The lowest BCUT2D eigenvalue weighted by Crippen LogP contribution is -2.17. The molecule has 92 valence electrons. The first-order valence-corrected chi connectivity index (χ1v) is 5.56. The zero-order valence-electron chi connectivity index (χ0n) is 9.73. The van der Waals surface area contributed by atoms with Crippen LogP contribution in [0.5, 0.6) is 11.5 Å². The van der Waals surface area contributed by atoms with E-state index in [2.05, 4.69) is 5.32 Å². The van der Waals surface area contributed by atoms with E-state index in [1.54, 1.807) is 0 Å². The highest BCUT2D eigenvalue weighted by Crippen LogP contribution is 2.34. The molecule has 1 aliphatic heterocycles. The maximum atomic E-state index is 10.6. The molecule has 0 radical (unpaired) electrons. The van der Waals surface area contributed by atoms with Crippen molar-refractivity contribution in [2.45, 2.75) is 12.5 Å². The zero-order valence-corrected chi connectivity index (χ0v) is 9.73. The SMILES string of the molecule is CNC1COc2cc(OCCC(N)=O)ccc21. The fourth-order valence-electron chi connectivity index (χ4n) is 1.79. The molecule has 1 aromatic rings. The molecule has 5 nitrogen and oxygen atoms in total. The minimum absolute atomic E-state index is 0.219. The fraction of sp³-hybridized carbons (Fsp3) is 0.417. The van der Waals surface area contributed by atoms with E-state index >= 15 is 0 Å². The van der Waals surface area contributed by atoms with E-state index in [9.17, 15) is 4.79 Å². The van der Waals surface area contributed by atoms with Crippen LogP contribution in [-0.2, 0) is 4.79 Å². The lowest BCUT2D eigenvalue weighted by Gasteiger charge is -2.08. The third-order valence-corrected chi connectivity index (χ3v) is 2.73. The van der Waals surface area contributed by atoms with Gasteiger partial charge < -0.3 is 20.5 Å². The average molecular weight is 236 g/mol. The Morgan fingerprint density at radius 2 is 2.47 bits per heavy atom. The molecule has 17 heavy (non-hydrogen) atoms. The second kappa shape index (κ2) is 5.05. The number of primary amides is 1. The molecule has 0 saturated carbocycles. The lowest BCUT2D eigenvalue weighted by molar-refractivity contribution is -0.118. The average Bonchev–Trinajstić information content (AvgIpc) is 2.70.